The second-order valence-corrected chi connectivity index (χ2v) is 10.6. The maximum Gasteiger partial charge on any atom is 0.274 e. The van der Waals surface area contributed by atoms with E-state index in [1.165, 1.54) is 16.6 Å². The second-order valence-electron chi connectivity index (χ2n) is 5.63. The van der Waals surface area contributed by atoms with Gasteiger partial charge in [0.1, 0.15) is 8.42 Å². The number of halogens is 1. The summed E-state index contributed by atoms with van der Waals surface area (Å²) in [5, 5.41) is 5.09. The molecule has 3 heterocycles. The molecule has 0 aromatic carbocycles. The Labute approximate surface area is 163 Å². The van der Waals surface area contributed by atoms with Gasteiger partial charge in [-0.3, -0.25) is 9.21 Å². The van der Waals surface area contributed by atoms with Crippen LogP contribution in [0.4, 0.5) is 0 Å². The molecule has 2 N–H and O–H groups in total. The number of thiophene rings is 1. The SMILES string of the molecule is Cl.NS(=O)(=O)c1cc2c(s1)S(=O)(=O)N(CC=CCN1CCOCC1)C=C2. The first kappa shape index (κ1) is 21.4. The first-order valence-corrected chi connectivity index (χ1v) is 11.4. The topological polar surface area (TPSA) is 110 Å². The number of nitrogens with zero attached hydrogens (tertiary/aromatic N) is 2. The quantitative estimate of drug-likeness (QED) is 0.673. The Hall–Kier alpha value is -0.950. The highest BCUT2D eigenvalue weighted by molar-refractivity contribution is 7.94. The molecule has 0 radical (unpaired) electrons. The minimum absolute atomic E-state index is 0. The van der Waals surface area contributed by atoms with Crippen molar-refractivity contribution in [1.29, 1.82) is 0 Å². The molecule has 2 aliphatic heterocycles. The van der Waals surface area contributed by atoms with Gasteiger partial charge in [-0.1, -0.05) is 12.2 Å². The minimum Gasteiger partial charge on any atom is -0.379 e. The first-order valence-electron chi connectivity index (χ1n) is 7.60. The van der Waals surface area contributed by atoms with E-state index in [0.717, 1.165) is 19.6 Å². The number of nitrogens with two attached hydrogens (primary N) is 1. The second kappa shape index (κ2) is 8.38. The van der Waals surface area contributed by atoms with Crippen molar-refractivity contribution >= 4 is 49.9 Å². The average molecular weight is 442 g/mol. The highest BCUT2D eigenvalue weighted by Gasteiger charge is 2.31. The Bertz CT molecular complexity index is 902. The number of fused-ring (bicyclic) bond motifs is 1. The number of ether oxygens (including phenoxy) is 1. The third-order valence-corrected chi connectivity index (χ3v) is 8.71. The third-order valence-electron chi connectivity index (χ3n) is 3.87. The van der Waals surface area contributed by atoms with E-state index in [4.69, 9.17) is 9.88 Å². The maximum absolute atomic E-state index is 12.6. The van der Waals surface area contributed by atoms with Gasteiger partial charge in [-0.05, 0) is 12.1 Å². The van der Waals surface area contributed by atoms with Crippen LogP contribution in [0, 0.1) is 0 Å². The van der Waals surface area contributed by atoms with Crippen molar-refractivity contribution in [3.63, 3.8) is 0 Å². The van der Waals surface area contributed by atoms with Gasteiger partial charge in [0.2, 0.25) is 10.0 Å². The summed E-state index contributed by atoms with van der Waals surface area (Å²) in [7, 11) is -7.69. The number of sulfonamides is 2. The molecule has 1 saturated heterocycles. The molecular weight excluding hydrogens is 422 g/mol. The Morgan fingerprint density at radius 1 is 1.23 bits per heavy atom. The van der Waals surface area contributed by atoms with Crippen LogP contribution in [0.25, 0.3) is 6.08 Å². The van der Waals surface area contributed by atoms with E-state index in [9.17, 15) is 16.8 Å². The van der Waals surface area contributed by atoms with Crippen molar-refractivity contribution < 1.29 is 21.6 Å². The number of primary sulfonamides is 1. The molecule has 0 unspecified atom stereocenters. The fourth-order valence-corrected chi connectivity index (χ4v) is 6.41. The smallest absolute Gasteiger partial charge is 0.274 e. The highest BCUT2D eigenvalue weighted by Crippen LogP contribution is 2.35. The third kappa shape index (κ3) is 4.66. The van der Waals surface area contributed by atoms with Crippen molar-refractivity contribution in [3.8, 4) is 0 Å². The van der Waals surface area contributed by atoms with Crippen molar-refractivity contribution in [1.82, 2.24) is 9.21 Å². The molecule has 0 bridgehead atoms. The fraction of sp³-hybridized carbons (Fsp3) is 0.429. The van der Waals surface area contributed by atoms with Gasteiger partial charge >= 0.3 is 0 Å². The number of hydrogen-bond acceptors (Lipinski definition) is 7. The summed E-state index contributed by atoms with van der Waals surface area (Å²) in [6, 6.07) is 1.29. The molecule has 0 amide bonds. The molecule has 0 spiro atoms. The number of hydrogen-bond donors (Lipinski definition) is 1. The fourth-order valence-electron chi connectivity index (χ4n) is 2.52. The summed E-state index contributed by atoms with van der Waals surface area (Å²) in [6.45, 7) is 4.07. The van der Waals surface area contributed by atoms with Crippen LogP contribution >= 0.6 is 23.7 Å². The minimum atomic E-state index is -3.93. The van der Waals surface area contributed by atoms with Crippen LogP contribution in [-0.2, 0) is 24.8 Å². The standard InChI is InChI=1S/C14H19N3O5S3.ClH/c15-24(18,19)13-11-12-3-6-17(25(20,21)14(12)23-13)5-2-1-4-16-7-9-22-10-8-16;/h1-3,6,11H,4-5,7-10H2,(H2,15,18,19);1H. The van der Waals surface area contributed by atoms with Crippen molar-refractivity contribution in [2.75, 3.05) is 39.4 Å². The lowest BCUT2D eigenvalue weighted by molar-refractivity contribution is 0.0434. The zero-order valence-corrected chi connectivity index (χ0v) is 17.0. The predicted molar refractivity (Wildman–Crippen MR) is 102 cm³/mol. The molecule has 2 aliphatic rings. The van der Waals surface area contributed by atoms with Crippen LogP contribution in [0.3, 0.4) is 0 Å². The van der Waals surface area contributed by atoms with Crippen molar-refractivity contribution in [2.24, 2.45) is 5.14 Å². The van der Waals surface area contributed by atoms with Gasteiger partial charge in [0.15, 0.2) is 0 Å². The van der Waals surface area contributed by atoms with Crippen LogP contribution in [-0.4, -0.2) is 65.4 Å². The zero-order chi connectivity index (χ0) is 18.1. The van der Waals surface area contributed by atoms with Crippen molar-refractivity contribution in [2.45, 2.75) is 8.42 Å². The van der Waals surface area contributed by atoms with Crippen LogP contribution < -0.4 is 5.14 Å². The summed E-state index contributed by atoms with van der Waals surface area (Å²) in [4.78, 5) is 2.22. The van der Waals surface area contributed by atoms with Gasteiger partial charge in [-0.15, -0.1) is 23.7 Å². The first-order chi connectivity index (χ1) is 11.8. The van der Waals surface area contributed by atoms with Gasteiger partial charge in [-0.25, -0.2) is 22.0 Å². The monoisotopic (exact) mass is 441 g/mol. The molecule has 0 atom stereocenters. The van der Waals surface area contributed by atoms with Gasteiger partial charge in [0.25, 0.3) is 10.0 Å². The molecule has 1 fully saturated rings. The lowest BCUT2D eigenvalue weighted by Crippen LogP contribution is -2.36. The molecule has 0 aliphatic carbocycles. The Kier molecular flexibility index (Phi) is 6.88. The lowest BCUT2D eigenvalue weighted by Gasteiger charge is -2.25. The van der Waals surface area contributed by atoms with Gasteiger partial charge < -0.3 is 4.74 Å². The zero-order valence-electron chi connectivity index (χ0n) is 13.8. The largest absolute Gasteiger partial charge is 0.379 e. The summed E-state index contributed by atoms with van der Waals surface area (Å²) >= 11 is 0.675. The lowest BCUT2D eigenvalue weighted by atomic mass is 10.3. The molecule has 26 heavy (non-hydrogen) atoms. The normalized spacial score (nSPS) is 20.1. The molecule has 146 valence electrons. The number of morpholine rings is 1. The van der Waals surface area contributed by atoms with E-state index in [2.05, 4.69) is 4.90 Å². The summed E-state index contributed by atoms with van der Waals surface area (Å²) in [5.74, 6) is 0. The molecule has 8 nitrogen and oxygen atoms in total. The molecule has 1 aromatic rings. The van der Waals surface area contributed by atoms with Crippen LogP contribution in [0.5, 0.6) is 0 Å². The van der Waals surface area contributed by atoms with E-state index < -0.39 is 20.0 Å². The molecule has 3 rings (SSSR count). The predicted octanol–water partition coefficient (Wildman–Crippen LogP) is 0.681. The number of rotatable bonds is 5. The van der Waals surface area contributed by atoms with Gasteiger partial charge in [-0.2, -0.15) is 0 Å². The van der Waals surface area contributed by atoms with Crippen LogP contribution in [0.1, 0.15) is 5.56 Å². The molecule has 0 saturated carbocycles. The average Bonchev–Trinajstić information content (AvgIpc) is 3.00. The molecular formula is C14H20ClN3O5S3. The maximum atomic E-state index is 12.6. The molecule has 12 heteroatoms. The van der Waals surface area contributed by atoms with E-state index in [1.54, 1.807) is 12.2 Å². The van der Waals surface area contributed by atoms with Gasteiger partial charge in [0, 0.05) is 31.4 Å². The summed E-state index contributed by atoms with van der Waals surface area (Å²) < 4.78 is 54.4. The summed E-state index contributed by atoms with van der Waals surface area (Å²) in [5.41, 5.74) is 0.350. The van der Waals surface area contributed by atoms with Gasteiger partial charge in [0.05, 0.1) is 19.8 Å². The van der Waals surface area contributed by atoms with E-state index in [0.29, 0.717) is 30.1 Å². The van der Waals surface area contributed by atoms with E-state index in [-0.39, 0.29) is 27.4 Å². The van der Waals surface area contributed by atoms with E-state index >= 15 is 0 Å². The van der Waals surface area contributed by atoms with Crippen LogP contribution in [0.2, 0.25) is 0 Å². The Balaban J connectivity index is 0.00000243. The van der Waals surface area contributed by atoms with Crippen LogP contribution in [0.15, 0.2) is 32.8 Å². The summed E-state index contributed by atoms with van der Waals surface area (Å²) in [6.07, 6.45) is 6.73. The van der Waals surface area contributed by atoms with E-state index in [1.807, 2.05) is 6.08 Å². The molecule has 1 aromatic heterocycles. The van der Waals surface area contributed by atoms with Crippen molar-refractivity contribution in [3.05, 3.63) is 30.0 Å². The highest BCUT2D eigenvalue weighted by atomic mass is 35.5. The Morgan fingerprint density at radius 3 is 2.54 bits per heavy atom. The Morgan fingerprint density at radius 2 is 1.88 bits per heavy atom.